The van der Waals surface area contributed by atoms with Crippen molar-refractivity contribution in [1.82, 2.24) is 9.13 Å². The summed E-state index contributed by atoms with van der Waals surface area (Å²) in [4.78, 5) is 0. The van der Waals surface area contributed by atoms with Gasteiger partial charge < -0.3 is 9.13 Å². The van der Waals surface area contributed by atoms with Crippen LogP contribution in [-0.4, -0.2) is 9.13 Å². The van der Waals surface area contributed by atoms with Gasteiger partial charge in [0.25, 0.3) is 0 Å². The zero-order chi connectivity index (χ0) is 37.5. The number of nitrogens with zero attached hydrogens (tertiary/aromatic N) is 2. The fraction of sp³-hybridized carbons (Fsp3) is 0.148. The summed E-state index contributed by atoms with van der Waals surface area (Å²) in [5.41, 5.74) is 10.5. The minimum Gasteiger partial charge on any atom is -0.307 e. The summed E-state index contributed by atoms with van der Waals surface area (Å²) in [6, 6.07) is 59.3. The van der Waals surface area contributed by atoms with Crippen LogP contribution >= 0.6 is 0 Å². The van der Waals surface area contributed by atoms with Crippen LogP contribution in [0, 0.1) is 0 Å². The van der Waals surface area contributed by atoms with Crippen molar-refractivity contribution in [1.29, 1.82) is 0 Å². The van der Waals surface area contributed by atoms with E-state index >= 15 is 0 Å². The van der Waals surface area contributed by atoms with E-state index in [1.165, 1.54) is 116 Å². The predicted octanol–water partition coefficient (Wildman–Crippen LogP) is 14.8. The molecule has 0 saturated carbocycles. The molecule has 0 N–H and O–H groups in total. The fourth-order valence-electron chi connectivity index (χ4n) is 10.8. The van der Waals surface area contributed by atoms with Gasteiger partial charge in [0.05, 0.1) is 22.1 Å². The van der Waals surface area contributed by atoms with E-state index in [0.29, 0.717) is 0 Å². The highest BCUT2D eigenvalue weighted by Crippen LogP contribution is 2.53. The maximum atomic E-state index is 2.65. The zero-order valence-electron chi connectivity index (χ0n) is 32.3. The van der Waals surface area contributed by atoms with Crippen molar-refractivity contribution < 1.29 is 0 Å². The van der Waals surface area contributed by atoms with Crippen molar-refractivity contribution in [3.05, 3.63) is 169 Å². The molecule has 2 aromatic heterocycles. The van der Waals surface area contributed by atoms with Crippen molar-refractivity contribution in [2.24, 2.45) is 0 Å². The van der Waals surface area contributed by atoms with Crippen molar-refractivity contribution in [2.75, 3.05) is 0 Å². The first kappa shape index (κ1) is 31.9. The second kappa shape index (κ2) is 11.1. The van der Waals surface area contributed by atoms with Crippen molar-refractivity contribution in [3.8, 4) is 11.4 Å². The molecule has 1 aliphatic carbocycles. The van der Waals surface area contributed by atoms with Gasteiger partial charge >= 0.3 is 0 Å². The van der Waals surface area contributed by atoms with E-state index in [0.717, 1.165) is 6.42 Å². The van der Waals surface area contributed by atoms with Gasteiger partial charge in [0.15, 0.2) is 0 Å². The number of benzene rings is 9. The van der Waals surface area contributed by atoms with E-state index in [1.807, 2.05) is 0 Å². The Kier molecular flexibility index (Phi) is 6.33. The molecule has 1 aliphatic rings. The topological polar surface area (TPSA) is 9.86 Å². The van der Waals surface area contributed by atoms with Gasteiger partial charge in [0, 0.05) is 32.9 Å². The fourth-order valence-corrected chi connectivity index (χ4v) is 10.8. The lowest BCUT2D eigenvalue weighted by Gasteiger charge is -2.42. The van der Waals surface area contributed by atoms with Gasteiger partial charge in [-0.2, -0.15) is 0 Å². The van der Waals surface area contributed by atoms with Gasteiger partial charge in [0.1, 0.15) is 0 Å². The molecule has 0 fully saturated rings. The number of hydrogen-bond donors (Lipinski definition) is 0. The van der Waals surface area contributed by atoms with Crippen LogP contribution in [0.2, 0.25) is 0 Å². The molecule has 0 unspecified atom stereocenters. The Morgan fingerprint density at radius 1 is 0.357 bits per heavy atom. The monoisotopic (exact) mass is 718 g/mol. The second-order valence-corrected chi connectivity index (χ2v) is 17.5. The Hall–Kier alpha value is -6.38. The van der Waals surface area contributed by atoms with E-state index in [9.17, 15) is 0 Å². The zero-order valence-corrected chi connectivity index (χ0v) is 32.3. The second-order valence-electron chi connectivity index (χ2n) is 17.5. The molecule has 9 aromatic carbocycles. The summed E-state index contributed by atoms with van der Waals surface area (Å²) in [7, 11) is 0. The number of fused-ring (bicyclic) bond motifs is 18. The average Bonchev–Trinajstić information content (AvgIpc) is 3.77. The van der Waals surface area contributed by atoms with E-state index < -0.39 is 0 Å². The molecule has 56 heavy (non-hydrogen) atoms. The van der Waals surface area contributed by atoms with Crippen LogP contribution in [0.1, 0.15) is 51.7 Å². The van der Waals surface area contributed by atoms with E-state index in [1.54, 1.807) is 0 Å². The summed E-state index contributed by atoms with van der Waals surface area (Å²) in [6.07, 6.45) is 2.33. The lowest BCUT2D eigenvalue weighted by atomic mass is 9.62. The number of aromatic nitrogens is 2. The lowest BCUT2D eigenvalue weighted by Crippen LogP contribution is -2.34. The highest BCUT2D eigenvalue weighted by molar-refractivity contribution is 6.37. The maximum Gasteiger partial charge on any atom is 0.0795 e. The van der Waals surface area contributed by atoms with Crippen LogP contribution in [0.4, 0.5) is 0 Å². The van der Waals surface area contributed by atoms with Gasteiger partial charge in [-0.05, 0) is 108 Å². The molecule has 0 radical (unpaired) electrons. The molecular formula is C54H42N2. The third-order valence-electron chi connectivity index (χ3n) is 13.5. The quantitative estimate of drug-likeness (QED) is 0.158. The number of rotatable bonds is 2. The highest BCUT2D eigenvalue weighted by atomic mass is 15.0. The summed E-state index contributed by atoms with van der Waals surface area (Å²) in [6.45, 7) is 9.84. The average molecular weight is 719 g/mol. The number of para-hydroxylation sites is 2. The molecule has 0 aliphatic heterocycles. The molecule has 2 heterocycles. The number of hydrogen-bond acceptors (Lipinski definition) is 0. The van der Waals surface area contributed by atoms with Crippen LogP contribution in [0.15, 0.2) is 158 Å². The molecule has 0 spiro atoms. The third-order valence-corrected chi connectivity index (χ3v) is 13.5. The summed E-state index contributed by atoms with van der Waals surface area (Å²) in [5, 5.41) is 15.6. The predicted molar refractivity (Wildman–Crippen MR) is 240 cm³/mol. The molecule has 12 rings (SSSR count). The van der Waals surface area contributed by atoms with Crippen molar-refractivity contribution >= 4 is 86.7 Å². The molecule has 0 amide bonds. The normalized spacial score (nSPS) is 15.3. The van der Waals surface area contributed by atoms with Gasteiger partial charge in [-0.25, -0.2) is 0 Å². The smallest absolute Gasteiger partial charge is 0.0795 e. The minimum atomic E-state index is 0.00900. The first-order valence-electron chi connectivity index (χ1n) is 20.2. The summed E-state index contributed by atoms with van der Waals surface area (Å²) < 4.78 is 5.24. The Balaban J connectivity index is 1.36. The first-order valence-corrected chi connectivity index (χ1v) is 20.2. The van der Waals surface area contributed by atoms with Crippen molar-refractivity contribution in [2.45, 2.75) is 51.4 Å². The Morgan fingerprint density at radius 2 is 0.839 bits per heavy atom. The van der Waals surface area contributed by atoms with Crippen LogP contribution in [0.5, 0.6) is 0 Å². The van der Waals surface area contributed by atoms with Gasteiger partial charge in [-0.15, -0.1) is 0 Å². The highest BCUT2D eigenvalue weighted by Gasteiger charge is 2.40. The van der Waals surface area contributed by atoms with E-state index in [-0.39, 0.29) is 10.8 Å². The first-order chi connectivity index (χ1) is 27.3. The summed E-state index contributed by atoms with van der Waals surface area (Å²) >= 11 is 0. The molecular weight excluding hydrogens is 677 g/mol. The molecule has 0 saturated heterocycles. The van der Waals surface area contributed by atoms with Crippen LogP contribution in [-0.2, 0) is 10.8 Å². The largest absolute Gasteiger partial charge is 0.307 e. The Labute approximate surface area is 326 Å². The minimum absolute atomic E-state index is 0.00900. The molecule has 0 atom stereocenters. The standard InChI is InChI=1S/C54H42N2/c1-53(2)30-31-54(3,4)49-45(53)29-28-43-48-41-23-13-12-22-40(41)47-42-24-14-15-25-46(42)55(51(47)52(48)56(50(43)49)33-16-6-5-7-17-33)34-26-27-39-37-20-9-8-18-35(37)36-19-10-11-21-38(36)44(39)32-34/h5-29,32H,30-31H2,1-4H3. The van der Waals surface area contributed by atoms with Gasteiger partial charge in [-0.3, -0.25) is 0 Å². The van der Waals surface area contributed by atoms with Crippen LogP contribution < -0.4 is 0 Å². The van der Waals surface area contributed by atoms with Crippen LogP contribution in [0.3, 0.4) is 0 Å². The molecule has 268 valence electrons. The molecule has 11 aromatic rings. The van der Waals surface area contributed by atoms with E-state index in [4.69, 9.17) is 0 Å². The van der Waals surface area contributed by atoms with Crippen LogP contribution in [0.25, 0.3) is 98.1 Å². The van der Waals surface area contributed by atoms with E-state index in [2.05, 4.69) is 195 Å². The SMILES string of the molecule is CC1(C)CCC(C)(C)c2c1ccc1c3c4ccccc4c4c5ccccc5n(-c5ccc6c7ccccc7c7ccccc7c6c5)c4c3n(-c3ccccc3)c21. The Morgan fingerprint density at radius 3 is 1.50 bits per heavy atom. The van der Waals surface area contributed by atoms with Gasteiger partial charge in [-0.1, -0.05) is 155 Å². The Bertz CT molecular complexity index is 3430. The maximum absolute atomic E-state index is 2.65. The third kappa shape index (κ3) is 4.11. The van der Waals surface area contributed by atoms with Gasteiger partial charge in [0.2, 0.25) is 0 Å². The molecule has 2 nitrogen and oxygen atoms in total. The molecule has 2 heteroatoms. The summed E-state index contributed by atoms with van der Waals surface area (Å²) in [5.74, 6) is 0. The lowest BCUT2D eigenvalue weighted by molar-refractivity contribution is 0.334. The molecule has 0 bridgehead atoms. The van der Waals surface area contributed by atoms with Crippen molar-refractivity contribution in [3.63, 3.8) is 0 Å².